The zero-order valence-electron chi connectivity index (χ0n) is 16.4. The number of ether oxygens (including phenoxy) is 1. The van der Waals surface area contributed by atoms with Crippen molar-refractivity contribution in [2.75, 3.05) is 5.32 Å². The van der Waals surface area contributed by atoms with Crippen molar-refractivity contribution in [3.8, 4) is 22.8 Å². The van der Waals surface area contributed by atoms with Gasteiger partial charge in [-0.2, -0.15) is 0 Å². The molecular weight excluding hydrogens is 414 g/mol. The molecule has 0 fully saturated rings. The van der Waals surface area contributed by atoms with Gasteiger partial charge in [-0.25, -0.2) is 4.98 Å². The first kappa shape index (κ1) is 20.4. The predicted octanol–water partition coefficient (Wildman–Crippen LogP) is 4.99. The normalized spacial score (nSPS) is 10.5. The van der Waals surface area contributed by atoms with Crippen LogP contribution in [0.3, 0.4) is 0 Å². The molecule has 0 atom stereocenters. The predicted molar refractivity (Wildman–Crippen MR) is 121 cm³/mol. The molecule has 0 saturated carbocycles. The van der Waals surface area contributed by atoms with Crippen molar-refractivity contribution in [1.82, 2.24) is 9.55 Å². The topological polar surface area (TPSA) is 73.2 Å². The van der Waals surface area contributed by atoms with Crippen molar-refractivity contribution in [3.05, 3.63) is 107 Å². The third-order valence-corrected chi connectivity index (χ3v) is 4.72. The van der Waals surface area contributed by atoms with Gasteiger partial charge >= 0.3 is 0 Å². The molecule has 6 nitrogen and oxygen atoms in total. The maximum Gasteiger partial charge on any atom is 0.254 e. The van der Waals surface area contributed by atoms with Crippen molar-refractivity contribution in [3.63, 3.8) is 0 Å². The molecule has 1 heterocycles. The molecule has 0 unspecified atom stereocenters. The van der Waals surface area contributed by atoms with Gasteiger partial charge in [0.1, 0.15) is 12.3 Å². The molecule has 0 spiro atoms. The minimum absolute atomic E-state index is 0.174. The fourth-order valence-electron chi connectivity index (χ4n) is 2.94. The first-order chi connectivity index (χ1) is 15.1. The molecule has 0 aliphatic heterocycles. The number of aromatic nitrogens is 2. The zero-order chi connectivity index (χ0) is 21.6. The fraction of sp³-hybridized carbons (Fsp3) is 0.0417. The maximum atomic E-state index is 12.6. The van der Waals surface area contributed by atoms with E-state index in [1.165, 1.54) is 17.0 Å². The average Bonchev–Trinajstić information content (AvgIpc) is 2.78. The molecule has 4 rings (SSSR count). The lowest BCUT2D eigenvalue weighted by molar-refractivity contribution is -0.116. The number of para-hydroxylation sites is 3. The second-order valence-corrected chi connectivity index (χ2v) is 7.14. The average molecular weight is 432 g/mol. The van der Waals surface area contributed by atoms with E-state index in [-0.39, 0.29) is 18.0 Å². The van der Waals surface area contributed by atoms with Crippen molar-refractivity contribution in [2.45, 2.75) is 6.54 Å². The van der Waals surface area contributed by atoms with Gasteiger partial charge in [0, 0.05) is 16.7 Å². The van der Waals surface area contributed by atoms with Gasteiger partial charge in [0.05, 0.1) is 17.7 Å². The number of carbonyl (C=O) groups excluding carboxylic acids is 1. The summed E-state index contributed by atoms with van der Waals surface area (Å²) < 4.78 is 7.10. The van der Waals surface area contributed by atoms with E-state index in [1.807, 2.05) is 36.4 Å². The molecule has 0 aliphatic rings. The van der Waals surface area contributed by atoms with E-state index < -0.39 is 0 Å². The minimum atomic E-state index is -0.368. The maximum absolute atomic E-state index is 12.6. The third-order valence-electron chi connectivity index (χ3n) is 4.47. The number of carbonyl (C=O) groups is 1. The largest absolute Gasteiger partial charge is 0.455 e. The fourth-order valence-corrected chi connectivity index (χ4v) is 3.07. The highest BCUT2D eigenvalue weighted by molar-refractivity contribution is 6.30. The molecule has 7 heteroatoms. The molecule has 0 aliphatic carbocycles. The molecule has 3 aromatic carbocycles. The summed E-state index contributed by atoms with van der Waals surface area (Å²) in [5, 5.41) is 3.40. The van der Waals surface area contributed by atoms with E-state index in [0.717, 1.165) is 5.56 Å². The number of halogens is 1. The van der Waals surface area contributed by atoms with E-state index in [2.05, 4.69) is 10.3 Å². The van der Waals surface area contributed by atoms with Crippen LogP contribution in [0.4, 0.5) is 5.69 Å². The molecule has 154 valence electrons. The zero-order valence-corrected chi connectivity index (χ0v) is 17.1. The van der Waals surface area contributed by atoms with Crippen molar-refractivity contribution < 1.29 is 9.53 Å². The second kappa shape index (κ2) is 9.28. The smallest absolute Gasteiger partial charge is 0.254 e. The highest BCUT2D eigenvalue weighted by atomic mass is 35.5. The Morgan fingerprint density at radius 1 is 0.968 bits per heavy atom. The molecule has 0 bridgehead atoms. The van der Waals surface area contributed by atoms with Crippen LogP contribution >= 0.6 is 11.6 Å². The first-order valence-corrected chi connectivity index (χ1v) is 9.90. The molecule has 1 N–H and O–H groups in total. The Balaban J connectivity index is 1.47. The van der Waals surface area contributed by atoms with E-state index in [4.69, 9.17) is 16.3 Å². The van der Waals surface area contributed by atoms with Crippen LogP contribution in [0.25, 0.3) is 11.3 Å². The summed E-state index contributed by atoms with van der Waals surface area (Å²) in [5.41, 5.74) is 1.46. The second-order valence-electron chi connectivity index (χ2n) is 6.71. The van der Waals surface area contributed by atoms with Gasteiger partial charge in [-0.05, 0) is 36.4 Å². The van der Waals surface area contributed by atoms with E-state index in [0.29, 0.717) is 27.9 Å². The molecule has 31 heavy (non-hydrogen) atoms. The molecule has 0 radical (unpaired) electrons. The van der Waals surface area contributed by atoms with Gasteiger partial charge in [0.15, 0.2) is 5.75 Å². The summed E-state index contributed by atoms with van der Waals surface area (Å²) in [7, 11) is 0. The Morgan fingerprint density at radius 3 is 2.42 bits per heavy atom. The van der Waals surface area contributed by atoms with Gasteiger partial charge < -0.3 is 10.1 Å². The van der Waals surface area contributed by atoms with Gasteiger partial charge in [-0.3, -0.25) is 14.2 Å². The summed E-state index contributed by atoms with van der Waals surface area (Å²) in [6.45, 7) is -0.174. The van der Waals surface area contributed by atoms with Crippen LogP contribution < -0.4 is 15.6 Å². The number of hydrogen-bond donors (Lipinski definition) is 1. The quantitative estimate of drug-likeness (QED) is 0.466. The molecule has 4 aromatic rings. The summed E-state index contributed by atoms with van der Waals surface area (Å²) in [4.78, 5) is 29.3. The standard InChI is InChI=1S/C24H18ClN3O3/c25-18-12-10-17(11-13-18)21-14-24(30)28(16-26-21)15-23(29)27-20-8-4-5-9-22(20)31-19-6-2-1-3-7-19/h1-14,16H,15H2,(H,27,29). The minimum Gasteiger partial charge on any atom is -0.455 e. The SMILES string of the molecule is O=C(Cn1cnc(-c2ccc(Cl)cc2)cc1=O)Nc1ccccc1Oc1ccccc1. The van der Waals surface area contributed by atoms with Crippen LogP contribution in [-0.4, -0.2) is 15.5 Å². The number of hydrogen-bond acceptors (Lipinski definition) is 4. The van der Waals surface area contributed by atoms with Crippen LogP contribution in [-0.2, 0) is 11.3 Å². The van der Waals surface area contributed by atoms with Crippen molar-refractivity contribution in [1.29, 1.82) is 0 Å². The van der Waals surface area contributed by atoms with Gasteiger partial charge in [0.2, 0.25) is 5.91 Å². The van der Waals surface area contributed by atoms with Crippen LogP contribution in [0.2, 0.25) is 5.02 Å². The van der Waals surface area contributed by atoms with Crippen LogP contribution in [0.1, 0.15) is 0 Å². The summed E-state index contributed by atoms with van der Waals surface area (Å²) in [5.74, 6) is 0.792. The Bertz CT molecular complexity index is 1260. The first-order valence-electron chi connectivity index (χ1n) is 9.53. The van der Waals surface area contributed by atoms with E-state index in [1.54, 1.807) is 42.5 Å². The Labute approximate surface area is 183 Å². The summed E-state index contributed by atoms with van der Waals surface area (Å²) >= 11 is 5.90. The highest BCUT2D eigenvalue weighted by Gasteiger charge is 2.11. The van der Waals surface area contributed by atoms with Crippen LogP contribution in [0.5, 0.6) is 11.5 Å². The van der Waals surface area contributed by atoms with Crippen molar-refractivity contribution in [2.24, 2.45) is 0 Å². The Hall–Kier alpha value is -3.90. The lowest BCUT2D eigenvalue weighted by atomic mass is 10.1. The summed E-state index contributed by atoms with van der Waals surface area (Å²) in [6.07, 6.45) is 1.36. The number of nitrogens with one attached hydrogen (secondary N) is 1. The van der Waals surface area contributed by atoms with Crippen LogP contribution in [0, 0.1) is 0 Å². The van der Waals surface area contributed by atoms with Crippen molar-refractivity contribution >= 4 is 23.2 Å². The highest BCUT2D eigenvalue weighted by Crippen LogP contribution is 2.29. The molecular formula is C24H18ClN3O3. The number of amides is 1. The molecule has 1 aromatic heterocycles. The third kappa shape index (κ3) is 5.18. The van der Waals surface area contributed by atoms with Gasteiger partial charge in [-0.15, -0.1) is 0 Å². The number of benzene rings is 3. The monoisotopic (exact) mass is 431 g/mol. The number of anilines is 1. The van der Waals surface area contributed by atoms with E-state index in [9.17, 15) is 9.59 Å². The molecule has 1 amide bonds. The van der Waals surface area contributed by atoms with Gasteiger partial charge in [-0.1, -0.05) is 54.1 Å². The lowest BCUT2D eigenvalue weighted by Gasteiger charge is -2.13. The number of nitrogens with zero attached hydrogens (tertiary/aromatic N) is 2. The molecule has 0 saturated heterocycles. The van der Waals surface area contributed by atoms with Crippen LogP contribution in [0.15, 0.2) is 96.1 Å². The van der Waals surface area contributed by atoms with Gasteiger partial charge in [0.25, 0.3) is 5.56 Å². The van der Waals surface area contributed by atoms with E-state index >= 15 is 0 Å². The Morgan fingerprint density at radius 2 is 1.68 bits per heavy atom. The Kier molecular flexibility index (Phi) is 6.10. The summed E-state index contributed by atoms with van der Waals surface area (Å²) in [6, 6.07) is 24.8. The lowest BCUT2D eigenvalue weighted by Crippen LogP contribution is -2.27. The number of rotatable bonds is 6.